The lowest BCUT2D eigenvalue weighted by Gasteiger charge is -2.43. The van der Waals surface area contributed by atoms with Gasteiger partial charge in [-0.3, -0.25) is 9.69 Å². The molecule has 2 atom stereocenters. The Labute approximate surface area is 142 Å². The van der Waals surface area contributed by atoms with Crippen LogP contribution in [-0.2, 0) is 11.3 Å². The Morgan fingerprint density at radius 1 is 1.46 bits per heavy atom. The average molecular weight is 337 g/mol. The summed E-state index contributed by atoms with van der Waals surface area (Å²) in [5, 5.41) is 28.8. The van der Waals surface area contributed by atoms with Gasteiger partial charge in [-0.25, -0.2) is 0 Å². The molecule has 0 spiro atoms. The van der Waals surface area contributed by atoms with Crippen molar-refractivity contribution in [2.45, 2.75) is 38.8 Å². The highest BCUT2D eigenvalue weighted by Crippen LogP contribution is 2.36. The van der Waals surface area contributed by atoms with Gasteiger partial charge >= 0.3 is 5.97 Å². The van der Waals surface area contributed by atoms with E-state index < -0.39 is 17.5 Å². The number of benzene rings is 1. The van der Waals surface area contributed by atoms with Crippen molar-refractivity contribution in [3.05, 3.63) is 29.8 Å². The van der Waals surface area contributed by atoms with Crippen molar-refractivity contribution in [2.75, 3.05) is 26.3 Å². The second-order valence-corrected chi connectivity index (χ2v) is 6.45. The summed E-state index contributed by atoms with van der Waals surface area (Å²) >= 11 is 0. The number of aliphatic hydroxyl groups is 2. The van der Waals surface area contributed by atoms with E-state index in [-0.39, 0.29) is 13.2 Å². The second-order valence-electron chi connectivity index (χ2n) is 6.45. The fourth-order valence-corrected chi connectivity index (χ4v) is 3.46. The fraction of sp³-hybridized carbons (Fsp3) is 0.611. The number of hydrogen-bond acceptors (Lipinski definition) is 5. The molecule has 0 aliphatic carbocycles. The molecule has 0 amide bonds. The smallest absolute Gasteiger partial charge is 0.313 e. The van der Waals surface area contributed by atoms with Gasteiger partial charge in [0, 0.05) is 19.6 Å². The molecule has 0 saturated carbocycles. The predicted molar refractivity (Wildman–Crippen MR) is 89.9 cm³/mol. The lowest BCUT2D eigenvalue weighted by molar-refractivity contribution is -0.164. The molecule has 0 unspecified atom stereocenters. The Bertz CT molecular complexity index is 550. The molecule has 0 radical (unpaired) electrons. The van der Waals surface area contributed by atoms with Crippen LogP contribution in [0.5, 0.6) is 5.75 Å². The number of carboxylic acid groups (broad SMARTS) is 1. The van der Waals surface area contributed by atoms with Gasteiger partial charge in [0.25, 0.3) is 0 Å². The first-order valence-corrected chi connectivity index (χ1v) is 8.48. The number of hydrogen-bond donors (Lipinski definition) is 3. The van der Waals surface area contributed by atoms with Crippen LogP contribution in [0.3, 0.4) is 0 Å². The number of carbonyl (C=O) groups is 1. The van der Waals surface area contributed by atoms with Crippen LogP contribution in [0, 0.1) is 5.41 Å². The highest BCUT2D eigenvalue weighted by molar-refractivity contribution is 5.76. The van der Waals surface area contributed by atoms with Crippen LogP contribution in [0.4, 0.5) is 0 Å². The molecule has 0 aromatic heterocycles. The third-order valence-electron chi connectivity index (χ3n) is 4.65. The summed E-state index contributed by atoms with van der Waals surface area (Å²) < 4.78 is 5.42. The Balaban J connectivity index is 2.08. The molecule has 1 fully saturated rings. The Morgan fingerprint density at radius 3 is 2.92 bits per heavy atom. The van der Waals surface area contributed by atoms with Gasteiger partial charge in [0.05, 0.1) is 12.7 Å². The third kappa shape index (κ3) is 4.26. The maximum Gasteiger partial charge on any atom is 0.313 e. The molecule has 1 saturated heterocycles. The summed E-state index contributed by atoms with van der Waals surface area (Å²) in [7, 11) is 0. The molecule has 6 heteroatoms. The lowest BCUT2D eigenvalue weighted by atomic mass is 9.74. The van der Waals surface area contributed by atoms with Crippen molar-refractivity contribution in [3.8, 4) is 5.75 Å². The summed E-state index contributed by atoms with van der Waals surface area (Å²) in [6.45, 7) is 3.78. The van der Waals surface area contributed by atoms with Crippen molar-refractivity contribution in [1.82, 2.24) is 4.90 Å². The van der Waals surface area contributed by atoms with Crippen LogP contribution in [0.15, 0.2) is 24.3 Å². The zero-order valence-corrected chi connectivity index (χ0v) is 14.1. The quantitative estimate of drug-likeness (QED) is 0.666. The minimum atomic E-state index is -1.09. The van der Waals surface area contributed by atoms with E-state index in [1.165, 1.54) is 0 Å². The maximum absolute atomic E-state index is 11.8. The van der Waals surface area contributed by atoms with Gasteiger partial charge in [-0.15, -0.1) is 0 Å². The van der Waals surface area contributed by atoms with Gasteiger partial charge in [-0.2, -0.15) is 0 Å². The zero-order chi connectivity index (χ0) is 17.6. The van der Waals surface area contributed by atoms with E-state index in [1.54, 1.807) is 0 Å². The van der Waals surface area contributed by atoms with E-state index in [1.807, 2.05) is 31.2 Å². The molecule has 2 rings (SSSR count). The van der Waals surface area contributed by atoms with Gasteiger partial charge in [-0.1, -0.05) is 25.5 Å². The summed E-state index contributed by atoms with van der Waals surface area (Å²) in [6, 6.07) is 7.59. The molecule has 0 bridgehead atoms. The van der Waals surface area contributed by atoms with Crippen molar-refractivity contribution in [1.29, 1.82) is 0 Å². The molecule has 3 N–H and O–H groups in total. The van der Waals surface area contributed by atoms with Crippen molar-refractivity contribution < 1.29 is 24.9 Å². The minimum absolute atomic E-state index is 0.0353. The molecular weight excluding hydrogens is 310 g/mol. The highest BCUT2D eigenvalue weighted by Gasteiger charge is 2.48. The molecule has 1 aromatic rings. The number of aliphatic carboxylic acids is 1. The van der Waals surface area contributed by atoms with Gasteiger partial charge in [0.15, 0.2) is 0 Å². The van der Waals surface area contributed by atoms with Gasteiger partial charge in [0.2, 0.25) is 0 Å². The summed E-state index contributed by atoms with van der Waals surface area (Å²) in [5.74, 6) is -0.224. The Morgan fingerprint density at radius 2 is 2.25 bits per heavy atom. The van der Waals surface area contributed by atoms with Crippen molar-refractivity contribution in [3.63, 3.8) is 0 Å². The average Bonchev–Trinajstić information content (AvgIpc) is 2.56. The minimum Gasteiger partial charge on any atom is -0.491 e. The highest BCUT2D eigenvalue weighted by atomic mass is 16.5. The Hall–Kier alpha value is -1.63. The summed E-state index contributed by atoms with van der Waals surface area (Å²) in [4.78, 5) is 13.9. The summed E-state index contributed by atoms with van der Waals surface area (Å²) in [5.41, 5.74) is -0.0597. The first kappa shape index (κ1) is 18.7. The first-order chi connectivity index (χ1) is 11.5. The van der Waals surface area contributed by atoms with Crippen LogP contribution in [-0.4, -0.2) is 58.6 Å². The van der Waals surface area contributed by atoms with Crippen LogP contribution in [0.2, 0.25) is 0 Å². The molecule has 1 aliphatic rings. The number of carboxylic acids is 1. The van der Waals surface area contributed by atoms with E-state index in [0.29, 0.717) is 38.2 Å². The monoisotopic (exact) mass is 337 g/mol. The van der Waals surface area contributed by atoms with Crippen molar-refractivity contribution >= 4 is 5.97 Å². The molecule has 6 nitrogen and oxygen atoms in total. The number of likely N-dealkylation sites (tertiary alicyclic amines) is 1. The standard InChI is InChI=1S/C18H27NO5/c1-2-7-18(17(22)23)13-19(8-6-16(18)21)12-14-4-3-5-15(11-14)24-10-9-20/h3-5,11,16,20-21H,2,6-10,12-13H2,1H3,(H,22,23)/t16-,18+/m0/s1. The number of rotatable bonds is 8. The predicted octanol–water partition coefficient (Wildman–Crippen LogP) is 1.50. The molecule has 134 valence electrons. The van der Waals surface area contributed by atoms with E-state index in [0.717, 1.165) is 12.0 Å². The SMILES string of the molecule is CCC[C@@]1(C(=O)O)CN(Cc2cccc(OCCO)c2)CC[C@@H]1O. The third-order valence-corrected chi connectivity index (χ3v) is 4.65. The van der Waals surface area contributed by atoms with Crippen molar-refractivity contribution in [2.24, 2.45) is 5.41 Å². The van der Waals surface area contributed by atoms with E-state index in [9.17, 15) is 15.0 Å². The molecule has 1 aromatic carbocycles. The number of piperidine rings is 1. The molecule has 1 aliphatic heterocycles. The fourth-order valence-electron chi connectivity index (χ4n) is 3.46. The van der Waals surface area contributed by atoms with Crippen LogP contribution < -0.4 is 4.74 Å². The first-order valence-electron chi connectivity index (χ1n) is 8.48. The maximum atomic E-state index is 11.8. The van der Waals surface area contributed by atoms with E-state index in [4.69, 9.17) is 9.84 Å². The number of nitrogens with zero attached hydrogens (tertiary/aromatic N) is 1. The lowest BCUT2D eigenvalue weighted by Crippen LogP contribution is -2.55. The zero-order valence-electron chi connectivity index (χ0n) is 14.1. The molecule has 1 heterocycles. The largest absolute Gasteiger partial charge is 0.491 e. The normalized spacial score (nSPS) is 24.7. The Kier molecular flexibility index (Phi) is 6.60. The molecule has 24 heavy (non-hydrogen) atoms. The number of ether oxygens (including phenoxy) is 1. The van der Waals surface area contributed by atoms with Crippen LogP contribution >= 0.6 is 0 Å². The van der Waals surface area contributed by atoms with Crippen LogP contribution in [0.1, 0.15) is 31.7 Å². The van der Waals surface area contributed by atoms with Gasteiger partial charge in [-0.05, 0) is 30.5 Å². The van der Waals surface area contributed by atoms with Gasteiger partial charge < -0.3 is 20.1 Å². The number of aliphatic hydroxyl groups excluding tert-OH is 2. The topological polar surface area (TPSA) is 90.2 Å². The van der Waals surface area contributed by atoms with E-state index in [2.05, 4.69) is 4.90 Å². The van der Waals surface area contributed by atoms with E-state index >= 15 is 0 Å². The van der Waals surface area contributed by atoms with Gasteiger partial charge in [0.1, 0.15) is 17.8 Å². The van der Waals surface area contributed by atoms with Crippen LogP contribution in [0.25, 0.3) is 0 Å². The molecular formula is C18H27NO5. The second kappa shape index (κ2) is 8.46. The summed E-state index contributed by atoms with van der Waals surface area (Å²) in [6.07, 6.45) is 0.861.